The van der Waals surface area contributed by atoms with Crippen LogP contribution in [-0.2, 0) is 11.8 Å². The molecule has 1 aliphatic heterocycles. The van der Waals surface area contributed by atoms with E-state index in [-0.39, 0.29) is 17.4 Å². The van der Waals surface area contributed by atoms with Crippen LogP contribution in [0.4, 0.5) is 5.69 Å². The summed E-state index contributed by atoms with van der Waals surface area (Å²) >= 11 is 1.17. The lowest BCUT2D eigenvalue weighted by molar-refractivity contribution is 0.0302. The molecule has 0 aliphatic carbocycles. The normalized spacial score (nSPS) is 13.7. The Hall–Kier alpha value is -3.37. The van der Waals surface area contributed by atoms with Gasteiger partial charge in [-0.05, 0) is 51.0 Å². The van der Waals surface area contributed by atoms with E-state index < -0.39 is 0 Å². The van der Waals surface area contributed by atoms with Crippen molar-refractivity contribution in [2.45, 2.75) is 27.7 Å². The van der Waals surface area contributed by atoms with Crippen LogP contribution in [0.25, 0.3) is 10.6 Å². The van der Waals surface area contributed by atoms with Crippen LogP contribution < -0.4 is 10.9 Å². The number of anilines is 1. The Kier molecular flexibility index (Phi) is 6.63. The minimum Gasteiger partial charge on any atom is -0.378 e. The van der Waals surface area contributed by atoms with Gasteiger partial charge in [-0.2, -0.15) is 5.10 Å². The molecular formula is C24H27N5O4S. The fraction of sp³-hybridized carbons (Fsp3) is 0.375. The summed E-state index contributed by atoms with van der Waals surface area (Å²) in [6, 6.07) is 5.30. The summed E-state index contributed by atoms with van der Waals surface area (Å²) in [6.45, 7) is 9.36. The fourth-order valence-electron chi connectivity index (χ4n) is 3.93. The molecule has 34 heavy (non-hydrogen) atoms. The van der Waals surface area contributed by atoms with Gasteiger partial charge in [-0.3, -0.25) is 14.4 Å². The Bertz CT molecular complexity index is 1340. The van der Waals surface area contributed by atoms with E-state index in [1.807, 2.05) is 20.8 Å². The number of carbonyl (C=O) groups excluding carboxylic acids is 2. The van der Waals surface area contributed by atoms with Crippen LogP contribution in [0.5, 0.6) is 0 Å². The molecule has 10 heteroatoms. The summed E-state index contributed by atoms with van der Waals surface area (Å²) in [4.78, 5) is 45.6. The zero-order chi connectivity index (χ0) is 24.6. The number of amides is 2. The molecule has 0 bridgehead atoms. The number of nitrogens with zero attached hydrogens (tertiary/aromatic N) is 4. The van der Waals surface area contributed by atoms with Gasteiger partial charge in [0, 0.05) is 31.4 Å². The number of morpholine rings is 1. The van der Waals surface area contributed by atoms with Gasteiger partial charge in [-0.15, -0.1) is 11.3 Å². The maximum absolute atomic E-state index is 13.2. The first-order valence-electron chi connectivity index (χ1n) is 11.0. The summed E-state index contributed by atoms with van der Waals surface area (Å²) in [5.74, 6) is -0.409. The third kappa shape index (κ3) is 4.38. The largest absolute Gasteiger partial charge is 0.378 e. The van der Waals surface area contributed by atoms with Gasteiger partial charge >= 0.3 is 0 Å². The number of aromatic nitrogens is 3. The van der Waals surface area contributed by atoms with Crippen LogP contribution in [0, 0.1) is 27.7 Å². The van der Waals surface area contributed by atoms with Crippen molar-refractivity contribution in [2.24, 2.45) is 7.05 Å². The number of benzene rings is 1. The first-order valence-corrected chi connectivity index (χ1v) is 11.8. The van der Waals surface area contributed by atoms with Crippen molar-refractivity contribution in [1.82, 2.24) is 19.7 Å². The Labute approximate surface area is 201 Å². The summed E-state index contributed by atoms with van der Waals surface area (Å²) in [5, 5.41) is 7.62. The molecule has 2 amide bonds. The average Bonchev–Trinajstić information content (AvgIpc) is 3.20. The molecule has 1 saturated heterocycles. The molecule has 1 aromatic carbocycles. The smallest absolute Gasteiger partial charge is 0.277 e. The lowest BCUT2D eigenvalue weighted by Crippen LogP contribution is -2.41. The van der Waals surface area contributed by atoms with E-state index in [2.05, 4.69) is 15.4 Å². The number of hydrogen-bond acceptors (Lipinski definition) is 7. The van der Waals surface area contributed by atoms with Gasteiger partial charge in [0.15, 0.2) is 0 Å². The van der Waals surface area contributed by atoms with Gasteiger partial charge in [-0.1, -0.05) is 6.07 Å². The molecule has 0 spiro atoms. The minimum atomic E-state index is -0.333. The molecular weight excluding hydrogens is 454 g/mol. The van der Waals surface area contributed by atoms with Crippen molar-refractivity contribution >= 4 is 28.8 Å². The van der Waals surface area contributed by atoms with Crippen molar-refractivity contribution in [1.29, 1.82) is 0 Å². The second kappa shape index (κ2) is 9.47. The third-order valence-corrected chi connectivity index (χ3v) is 7.23. The molecule has 1 aliphatic rings. The van der Waals surface area contributed by atoms with E-state index >= 15 is 0 Å². The van der Waals surface area contributed by atoms with E-state index in [9.17, 15) is 14.4 Å². The van der Waals surface area contributed by atoms with Gasteiger partial charge in [0.25, 0.3) is 17.4 Å². The highest BCUT2D eigenvalue weighted by Crippen LogP contribution is 2.30. The Morgan fingerprint density at radius 2 is 1.76 bits per heavy atom. The molecule has 178 valence electrons. The molecule has 1 N–H and O–H groups in total. The predicted octanol–water partition coefficient (Wildman–Crippen LogP) is 2.86. The first kappa shape index (κ1) is 23.8. The molecule has 0 atom stereocenters. The summed E-state index contributed by atoms with van der Waals surface area (Å²) in [7, 11) is 1.60. The van der Waals surface area contributed by atoms with E-state index in [4.69, 9.17) is 4.74 Å². The molecule has 9 nitrogen and oxygen atoms in total. The lowest BCUT2D eigenvalue weighted by Gasteiger charge is -2.27. The number of nitrogens with one attached hydrogen (secondary N) is 1. The molecule has 4 rings (SSSR count). The first-order chi connectivity index (χ1) is 16.2. The van der Waals surface area contributed by atoms with Crippen LogP contribution >= 0.6 is 11.3 Å². The number of aryl methyl sites for hydroxylation is 3. The fourth-order valence-corrected chi connectivity index (χ4v) is 4.99. The molecule has 3 heterocycles. The zero-order valence-corrected chi connectivity index (χ0v) is 20.7. The van der Waals surface area contributed by atoms with Crippen LogP contribution in [0.15, 0.2) is 23.0 Å². The van der Waals surface area contributed by atoms with Crippen molar-refractivity contribution in [3.05, 3.63) is 61.5 Å². The van der Waals surface area contributed by atoms with E-state index in [0.29, 0.717) is 64.3 Å². The van der Waals surface area contributed by atoms with Crippen molar-refractivity contribution in [3.63, 3.8) is 0 Å². The maximum atomic E-state index is 13.2. The Balaban J connectivity index is 1.62. The van der Waals surface area contributed by atoms with E-state index in [0.717, 1.165) is 11.3 Å². The second-order valence-electron chi connectivity index (χ2n) is 8.28. The van der Waals surface area contributed by atoms with Crippen LogP contribution in [0.2, 0.25) is 0 Å². The monoisotopic (exact) mass is 481 g/mol. The number of ether oxygens (including phenoxy) is 1. The van der Waals surface area contributed by atoms with Crippen molar-refractivity contribution in [2.75, 3.05) is 31.6 Å². The number of rotatable bonds is 4. The van der Waals surface area contributed by atoms with Crippen LogP contribution in [0.3, 0.4) is 0 Å². The van der Waals surface area contributed by atoms with Crippen LogP contribution in [0.1, 0.15) is 42.5 Å². The van der Waals surface area contributed by atoms with E-state index in [1.165, 1.54) is 16.0 Å². The highest BCUT2D eigenvalue weighted by atomic mass is 32.1. The number of carbonyl (C=O) groups is 2. The number of hydrogen-bond donors (Lipinski definition) is 1. The van der Waals surface area contributed by atoms with Crippen LogP contribution in [-0.4, -0.2) is 57.8 Å². The quantitative estimate of drug-likeness (QED) is 0.614. The van der Waals surface area contributed by atoms with Gasteiger partial charge in [0.1, 0.15) is 9.88 Å². The van der Waals surface area contributed by atoms with Gasteiger partial charge in [-0.25, -0.2) is 9.67 Å². The molecule has 0 radical (unpaired) electrons. The summed E-state index contributed by atoms with van der Waals surface area (Å²) in [6.07, 6.45) is 0. The van der Waals surface area contributed by atoms with Gasteiger partial charge < -0.3 is 15.0 Å². The molecule has 3 aromatic rings. The SMILES string of the molecule is Cc1nc(-c2c(C)c(C)nn(C)c2=O)sc1C(=O)Nc1cccc(C(=O)N2CCOCC2)c1C. The maximum Gasteiger partial charge on any atom is 0.277 e. The second-order valence-corrected chi connectivity index (χ2v) is 9.28. The molecule has 2 aromatic heterocycles. The van der Waals surface area contributed by atoms with Crippen molar-refractivity contribution < 1.29 is 14.3 Å². The highest BCUT2D eigenvalue weighted by Gasteiger charge is 2.24. The minimum absolute atomic E-state index is 0.0764. The summed E-state index contributed by atoms with van der Waals surface area (Å²) < 4.78 is 6.62. The predicted molar refractivity (Wildman–Crippen MR) is 131 cm³/mol. The lowest BCUT2D eigenvalue weighted by atomic mass is 10.0. The molecule has 1 fully saturated rings. The standard InChI is InChI=1S/C24H27N5O4S/c1-13-15(3)27-28(5)24(32)19(13)22-25-16(4)20(34-22)21(30)26-18-8-6-7-17(14(18)2)23(31)29-9-11-33-12-10-29/h6-8H,9-12H2,1-5H3,(H,26,30). The zero-order valence-electron chi connectivity index (χ0n) is 19.9. The topological polar surface area (TPSA) is 106 Å². The average molecular weight is 482 g/mol. The van der Waals surface area contributed by atoms with Gasteiger partial charge in [0.05, 0.1) is 30.2 Å². The van der Waals surface area contributed by atoms with Crippen molar-refractivity contribution in [3.8, 4) is 10.6 Å². The summed E-state index contributed by atoms with van der Waals surface area (Å²) in [5.41, 5.74) is 4.02. The third-order valence-electron chi connectivity index (χ3n) is 6.05. The molecule has 0 saturated carbocycles. The highest BCUT2D eigenvalue weighted by molar-refractivity contribution is 7.17. The molecule has 0 unspecified atom stereocenters. The number of thiazole rings is 1. The van der Waals surface area contributed by atoms with Gasteiger partial charge in [0.2, 0.25) is 0 Å². The van der Waals surface area contributed by atoms with E-state index in [1.54, 1.807) is 37.1 Å². The Morgan fingerprint density at radius 1 is 1.06 bits per heavy atom. The Morgan fingerprint density at radius 3 is 2.47 bits per heavy atom.